The van der Waals surface area contributed by atoms with Crippen LogP contribution in [0.4, 0.5) is 5.69 Å². The molecule has 1 aromatic rings. The van der Waals surface area contributed by atoms with Crippen LogP contribution in [-0.4, -0.2) is 34.4 Å². The van der Waals surface area contributed by atoms with E-state index < -0.39 is 11.9 Å². The molecule has 132 valence electrons. The van der Waals surface area contributed by atoms with Crippen molar-refractivity contribution in [2.75, 3.05) is 5.32 Å². The maximum atomic E-state index is 12.6. The molecule has 1 aliphatic carbocycles. The summed E-state index contributed by atoms with van der Waals surface area (Å²) in [4.78, 5) is 50.6. The summed E-state index contributed by atoms with van der Waals surface area (Å²) in [5.41, 5.74) is 0.791. The van der Waals surface area contributed by atoms with Crippen molar-refractivity contribution >= 4 is 29.2 Å². The molecule has 0 spiro atoms. The van der Waals surface area contributed by atoms with Crippen LogP contribution in [0.1, 0.15) is 49.9 Å². The Morgan fingerprint density at radius 1 is 1.08 bits per heavy atom. The van der Waals surface area contributed by atoms with Crippen molar-refractivity contribution in [1.29, 1.82) is 0 Å². The van der Waals surface area contributed by atoms with Gasteiger partial charge in [-0.25, -0.2) is 0 Å². The maximum Gasteiger partial charge on any atom is 0.247 e. The molecular weight excluding hydrogens is 320 g/mol. The Balaban J connectivity index is 1.78. The summed E-state index contributed by atoms with van der Waals surface area (Å²) in [6.45, 7) is 2.98. The van der Waals surface area contributed by atoms with Crippen LogP contribution in [0.3, 0.4) is 0 Å². The number of amides is 3. The van der Waals surface area contributed by atoms with E-state index in [-0.39, 0.29) is 29.4 Å². The van der Waals surface area contributed by atoms with Gasteiger partial charge in [0, 0.05) is 5.56 Å². The number of para-hydroxylation sites is 1. The quantitative estimate of drug-likeness (QED) is 0.673. The zero-order valence-electron chi connectivity index (χ0n) is 14.5. The number of hydrogen-bond acceptors (Lipinski definition) is 4. The summed E-state index contributed by atoms with van der Waals surface area (Å²) < 4.78 is 0. The van der Waals surface area contributed by atoms with Crippen molar-refractivity contribution in [3.05, 3.63) is 29.8 Å². The summed E-state index contributed by atoms with van der Waals surface area (Å²) in [6, 6.07) is 5.80. The second kappa shape index (κ2) is 6.78. The van der Waals surface area contributed by atoms with Gasteiger partial charge >= 0.3 is 0 Å². The molecule has 3 rings (SSSR count). The third-order valence-electron chi connectivity index (χ3n) is 5.21. The molecule has 2 fully saturated rings. The minimum Gasteiger partial charge on any atom is -0.324 e. The number of likely N-dealkylation sites (tertiary alicyclic amines) is 1. The number of Topliss-reactive ketones (excluding diaryl/α,β-unsaturated/α-hetero) is 1. The smallest absolute Gasteiger partial charge is 0.247 e. The average molecular weight is 342 g/mol. The molecule has 1 saturated heterocycles. The van der Waals surface area contributed by atoms with Crippen molar-refractivity contribution < 1.29 is 19.2 Å². The first-order valence-electron chi connectivity index (χ1n) is 8.69. The monoisotopic (exact) mass is 342 g/mol. The Morgan fingerprint density at radius 3 is 2.20 bits per heavy atom. The summed E-state index contributed by atoms with van der Waals surface area (Å²) in [5, 5.41) is 2.69. The van der Waals surface area contributed by atoms with E-state index in [1.54, 1.807) is 31.2 Å². The Bertz CT molecular complexity index is 719. The number of nitrogens with zero attached hydrogens (tertiary/aromatic N) is 1. The first kappa shape index (κ1) is 17.3. The van der Waals surface area contributed by atoms with Crippen LogP contribution in [0, 0.1) is 11.8 Å². The highest BCUT2D eigenvalue weighted by molar-refractivity contribution is 6.11. The number of ketones is 1. The van der Waals surface area contributed by atoms with Crippen LogP contribution in [0.2, 0.25) is 0 Å². The van der Waals surface area contributed by atoms with E-state index >= 15 is 0 Å². The molecule has 0 bridgehead atoms. The maximum absolute atomic E-state index is 12.6. The van der Waals surface area contributed by atoms with Crippen molar-refractivity contribution in [2.45, 2.75) is 45.6 Å². The minimum atomic E-state index is -0.898. The third-order valence-corrected chi connectivity index (χ3v) is 5.21. The molecule has 3 atom stereocenters. The summed E-state index contributed by atoms with van der Waals surface area (Å²) in [7, 11) is 0. The van der Waals surface area contributed by atoms with Crippen LogP contribution in [0.25, 0.3) is 0 Å². The highest BCUT2D eigenvalue weighted by Gasteiger charge is 2.50. The van der Waals surface area contributed by atoms with Crippen molar-refractivity contribution in [2.24, 2.45) is 11.8 Å². The van der Waals surface area contributed by atoms with E-state index in [1.165, 1.54) is 6.92 Å². The number of imide groups is 1. The molecule has 6 heteroatoms. The van der Waals surface area contributed by atoms with Gasteiger partial charge in [0.1, 0.15) is 6.04 Å². The van der Waals surface area contributed by atoms with Gasteiger partial charge in [-0.1, -0.05) is 25.0 Å². The van der Waals surface area contributed by atoms with Crippen molar-refractivity contribution in [3.8, 4) is 0 Å². The largest absolute Gasteiger partial charge is 0.324 e. The SMILES string of the molecule is CC(=O)c1ccccc1NC(=O)C(C)N1C(=O)C2CCCCC2C1=O. The number of fused-ring (bicyclic) bond motifs is 1. The Labute approximate surface area is 146 Å². The third kappa shape index (κ3) is 3.08. The van der Waals surface area contributed by atoms with Crippen molar-refractivity contribution in [3.63, 3.8) is 0 Å². The standard InChI is InChI=1S/C19H22N2O4/c1-11(17(23)20-16-10-6-5-7-13(16)12(2)22)21-18(24)14-8-3-4-9-15(14)19(21)25/h5-7,10-11,14-15H,3-4,8-9H2,1-2H3,(H,20,23). The number of anilines is 1. The van der Waals surface area contributed by atoms with E-state index in [0.29, 0.717) is 24.1 Å². The Hall–Kier alpha value is -2.50. The van der Waals surface area contributed by atoms with Gasteiger partial charge in [0.2, 0.25) is 17.7 Å². The highest BCUT2D eigenvalue weighted by Crippen LogP contribution is 2.38. The fraction of sp³-hybridized carbons (Fsp3) is 0.474. The fourth-order valence-corrected chi connectivity index (χ4v) is 3.82. The van der Waals surface area contributed by atoms with Gasteiger partial charge in [-0.3, -0.25) is 24.1 Å². The minimum absolute atomic E-state index is 0.164. The lowest BCUT2D eigenvalue weighted by Gasteiger charge is -2.22. The topological polar surface area (TPSA) is 83.6 Å². The van der Waals surface area contributed by atoms with Crippen LogP contribution in [0.15, 0.2) is 24.3 Å². The van der Waals surface area contributed by atoms with E-state index in [9.17, 15) is 19.2 Å². The molecule has 2 aliphatic rings. The molecule has 3 unspecified atom stereocenters. The normalized spacial score (nSPS) is 24.0. The molecular formula is C19H22N2O4. The molecule has 1 heterocycles. The number of nitrogens with one attached hydrogen (secondary N) is 1. The van der Waals surface area contributed by atoms with E-state index in [4.69, 9.17) is 0 Å². The van der Waals surface area contributed by atoms with Crippen LogP contribution >= 0.6 is 0 Å². The number of carbonyl (C=O) groups excluding carboxylic acids is 4. The molecule has 0 aromatic heterocycles. The van der Waals surface area contributed by atoms with Gasteiger partial charge in [0.05, 0.1) is 17.5 Å². The lowest BCUT2D eigenvalue weighted by Crippen LogP contribution is -2.46. The van der Waals surface area contributed by atoms with Gasteiger partial charge in [0.15, 0.2) is 5.78 Å². The van der Waals surface area contributed by atoms with E-state index in [2.05, 4.69) is 5.32 Å². The van der Waals surface area contributed by atoms with Crippen LogP contribution < -0.4 is 5.32 Å². The molecule has 6 nitrogen and oxygen atoms in total. The first-order chi connectivity index (χ1) is 11.9. The van der Waals surface area contributed by atoms with Gasteiger partial charge in [-0.2, -0.15) is 0 Å². The summed E-state index contributed by atoms with van der Waals surface area (Å²) in [5.74, 6) is -1.66. The van der Waals surface area contributed by atoms with Gasteiger partial charge in [-0.05, 0) is 38.8 Å². The average Bonchev–Trinajstić information content (AvgIpc) is 2.86. The highest BCUT2D eigenvalue weighted by atomic mass is 16.2. The summed E-state index contributed by atoms with van der Waals surface area (Å²) in [6.07, 6.45) is 3.32. The number of benzene rings is 1. The lowest BCUT2D eigenvalue weighted by molar-refractivity contribution is -0.146. The number of rotatable bonds is 4. The molecule has 1 saturated carbocycles. The van der Waals surface area contributed by atoms with E-state index in [0.717, 1.165) is 17.7 Å². The van der Waals surface area contributed by atoms with Crippen LogP contribution in [-0.2, 0) is 14.4 Å². The molecule has 1 N–H and O–H groups in total. The zero-order valence-corrected chi connectivity index (χ0v) is 14.5. The second-order valence-corrected chi connectivity index (χ2v) is 6.81. The fourth-order valence-electron chi connectivity index (χ4n) is 3.82. The van der Waals surface area contributed by atoms with Crippen LogP contribution in [0.5, 0.6) is 0 Å². The Kier molecular flexibility index (Phi) is 4.70. The van der Waals surface area contributed by atoms with Gasteiger partial charge in [-0.15, -0.1) is 0 Å². The van der Waals surface area contributed by atoms with Crippen molar-refractivity contribution in [1.82, 2.24) is 4.90 Å². The number of carbonyl (C=O) groups is 4. The first-order valence-corrected chi connectivity index (χ1v) is 8.69. The summed E-state index contributed by atoms with van der Waals surface area (Å²) >= 11 is 0. The molecule has 1 aliphatic heterocycles. The second-order valence-electron chi connectivity index (χ2n) is 6.81. The molecule has 1 aromatic carbocycles. The lowest BCUT2D eigenvalue weighted by atomic mass is 9.81. The van der Waals surface area contributed by atoms with E-state index in [1.807, 2.05) is 0 Å². The molecule has 25 heavy (non-hydrogen) atoms. The predicted molar refractivity (Wildman–Crippen MR) is 91.8 cm³/mol. The Morgan fingerprint density at radius 2 is 1.64 bits per heavy atom. The van der Waals surface area contributed by atoms with Gasteiger partial charge < -0.3 is 5.32 Å². The zero-order chi connectivity index (χ0) is 18.1. The molecule has 3 amide bonds. The number of hydrogen-bond donors (Lipinski definition) is 1. The van der Waals surface area contributed by atoms with Gasteiger partial charge in [0.25, 0.3) is 0 Å². The molecule has 0 radical (unpaired) electrons. The predicted octanol–water partition coefficient (Wildman–Crippen LogP) is 2.39.